The minimum absolute atomic E-state index is 0.00157. The number of hydrogen-bond donors (Lipinski definition) is 0. The minimum atomic E-state index is -0.214. The van der Waals surface area contributed by atoms with Crippen LogP contribution in [-0.4, -0.2) is 53.5 Å². The minimum Gasteiger partial charge on any atom is -0.359 e. The average Bonchev–Trinajstić information content (AvgIpc) is 3.19. The van der Waals surface area contributed by atoms with Crippen LogP contribution in [0.5, 0.6) is 0 Å². The van der Waals surface area contributed by atoms with Crippen molar-refractivity contribution in [1.82, 2.24) is 25.3 Å². The van der Waals surface area contributed by atoms with E-state index in [1.165, 1.54) is 0 Å². The second kappa shape index (κ2) is 6.57. The third-order valence-electron chi connectivity index (χ3n) is 3.39. The fraction of sp³-hybridized carbons (Fsp3) is 0.500. The smallest absolute Gasteiger partial charge is 0.310 e. The van der Waals surface area contributed by atoms with E-state index in [2.05, 4.69) is 29.4 Å². The normalized spacial score (nSPS) is 11.8. The van der Waals surface area contributed by atoms with Crippen molar-refractivity contribution in [2.45, 2.75) is 13.1 Å². The fourth-order valence-corrected chi connectivity index (χ4v) is 2.36. The molecule has 0 saturated carbocycles. The first-order chi connectivity index (χ1) is 12.3. The van der Waals surface area contributed by atoms with Crippen molar-refractivity contribution < 1.29 is 28.6 Å². The first-order valence-electron chi connectivity index (χ1n) is 7.36. The molecule has 0 radical (unpaired) electrons. The van der Waals surface area contributed by atoms with Gasteiger partial charge >= 0.3 is 17.1 Å². The summed E-state index contributed by atoms with van der Waals surface area (Å²) in [6, 6.07) is 0. The molecule has 3 rings (SSSR count). The summed E-state index contributed by atoms with van der Waals surface area (Å²) in [5.41, 5.74) is -0.206. The molecular weight excluding hydrogens is 352 g/mol. The molecule has 3 aromatic heterocycles. The summed E-state index contributed by atoms with van der Waals surface area (Å²) >= 11 is 0. The number of hydrogen-bond acceptors (Lipinski definition) is 11. The van der Waals surface area contributed by atoms with E-state index in [9.17, 15) is 15.6 Å². The molecular formula is C12H16N8O6. The molecule has 0 amide bonds. The summed E-state index contributed by atoms with van der Waals surface area (Å²) < 4.78 is 13.9. The van der Waals surface area contributed by atoms with Gasteiger partial charge in [-0.2, -0.15) is 0 Å². The summed E-state index contributed by atoms with van der Waals surface area (Å²) in [4.78, 5) is 3.85. The second-order valence-corrected chi connectivity index (χ2v) is 6.05. The van der Waals surface area contributed by atoms with Gasteiger partial charge in [0.25, 0.3) is 5.69 Å². The Bertz CT molecular complexity index is 913. The van der Waals surface area contributed by atoms with Crippen molar-refractivity contribution >= 4 is 0 Å². The van der Waals surface area contributed by atoms with Gasteiger partial charge in [0.2, 0.25) is 11.4 Å². The predicted molar refractivity (Wildman–Crippen MR) is 79.2 cm³/mol. The van der Waals surface area contributed by atoms with E-state index in [1.807, 2.05) is 0 Å². The maximum absolute atomic E-state index is 12.1. The lowest BCUT2D eigenvalue weighted by Gasteiger charge is -2.06. The van der Waals surface area contributed by atoms with Crippen molar-refractivity contribution in [3.8, 4) is 22.8 Å². The van der Waals surface area contributed by atoms with E-state index in [1.54, 1.807) is 38.0 Å². The van der Waals surface area contributed by atoms with Crippen LogP contribution in [0.15, 0.2) is 13.9 Å². The van der Waals surface area contributed by atoms with Gasteiger partial charge in [-0.3, -0.25) is 13.9 Å². The van der Waals surface area contributed by atoms with E-state index in [-0.39, 0.29) is 62.0 Å². The zero-order valence-corrected chi connectivity index (χ0v) is 14.4. The monoisotopic (exact) mass is 368 g/mol. The van der Waals surface area contributed by atoms with Crippen LogP contribution in [-0.2, 0) is 13.1 Å². The number of nitrogens with zero attached hydrogens (tertiary/aromatic N) is 8. The maximum Gasteiger partial charge on any atom is 0.310 e. The Kier molecular flexibility index (Phi) is 4.43. The van der Waals surface area contributed by atoms with Crippen LogP contribution in [0, 0.1) is 15.6 Å². The fourth-order valence-electron chi connectivity index (χ4n) is 2.36. The molecule has 0 unspecified atom stereocenters. The van der Waals surface area contributed by atoms with Crippen molar-refractivity contribution in [1.29, 1.82) is 0 Å². The van der Waals surface area contributed by atoms with Crippen LogP contribution < -0.4 is 14.7 Å². The van der Waals surface area contributed by atoms with E-state index in [0.29, 0.717) is 0 Å². The zero-order valence-electron chi connectivity index (χ0n) is 14.4. The van der Waals surface area contributed by atoms with Gasteiger partial charge in [-0.15, -0.1) is 0 Å². The quantitative estimate of drug-likeness (QED) is 0.442. The zero-order chi connectivity index (χ0) is 19.0. The molecule has 0 atom stereocenters. The summed E-state index contributed by atoms with van der Waals surface area (Å²) in [5, 5.41) is 46.8. The third kappa shape index (κ3) is 3.02. The molecule has 3 heterocycles. The molecule has 0 fully saturated rings. The van der Waals surface area contributed by atoms with Crippen LogP contribution in [0.4, 0.5) is 0 Å². The highest BCUT2D eigenvalue weighted by Crippen LogP contribution is 2.28. The summed E-state index contributed by atoms with van der Waals surface area (Å²) in [5.74, 6) is 0. The number of rotatable bonds is 6. The molecule has 0 saturated heterocycles. The number of aromatic nitrogens is 6. The Morgan fingerprint density at radius 3 is 1.65 bits per heavy atom. The van der Waals surface area contributed by atoms with E-state index in [0.717, 1.165) is 0 Å². The van der Waals surface area contributed by atoms with Crippen LogP contribution in [0.3, 0.4) is 0 Å². The molecule has 0 bridgehead atoms. The Hall–Kier alpha value is -3.26. The lowest BCUT2D eigenvalue weighted by atomic mass is 10.1. The topological polar surface area (TPSA) is 165 Å². The van der Waals surface area contributed by atoms with Crippen molar-refractivity contribution in [3.05, 3.63) is 27.0 Å². The summed E-state index contributed by atoms with van der Waals surface area (Å²) in [6.45, 7) is 0.302. The standard InChI is InChI=1S/C12H16N8O6/c1-16(2)5-7-9(13-24-18(7)21)11-12(20(23)26-15-11)10-8(6-17(3)4)19(22)25-14-10/h5-6H2,1-4H3. The van der Waals surface area contributed by atoms with Gasteiger partial charge in [-0.05, 0) is 42.9 Å². The Balaban J connectivity index is 2.16. The highest BCUT2D eigenvalue weighted by molar-refractivity contribution is 5.72. The molecule has 0 spiro atoms. The molecule has 0 aromatic carbocycles. The van der Waals surface area contributed by atoms with Gasteiger partial charge in [-0.1, -0.05) is 0 Å². The molecule has 0 aliphatic carbocycles. The lowest BCUT2D eigenvalue weighted by molar-refractivity contribution is -0.808. The molecule has 3 aromatic rings. The van der Waals surface area contributed by atoms with E-state index >= 15 is 0 Å². The predicted octanol–water partition coefficient (Wildman–Crippen LogP) is -1.99. The molecule has 140 valence electrons. The largest absolute Gasteiger partial charge is 0.359 e. The molecule has 0 aliphatic rings. The van der Waals surface area contributed by atoms with Gasteiger partial charge in [-0.25, -0.2) is 0 Å². The Labute approximate surface area is 146 Å². The van der Waals surface area contributed by atoms with E-state index in [4.69, 9.17) is 0 Å². The maximum atomic E-state index is 12.1. The molecule has 26 heavy (non-hydrogen) atoms. The van der Waals surface area contributed by atoms with Crippen molar-refractivity contribution in [3.63, 3.8) is 0 Å². The molecule has 14 nitrogen and oxygen atoms in total. The average molecular weight is 368 g/mol. The van der Waals surface area contributed by atoms with Gasteiger partial charge < -0.3 is 25.4 Å². The van der Waals surface area contributed by atoms with E-state index < -0.39 is 0 Å². The third-order valence-corrected chi connectivity index (χ3v) is 3.39. The van der Waals surface area contributed by atoms with Crippen LogP contribution in [0.25, 0.3) is 22.8 Å². The highest BCUT2D eigenvalue weighted by Gasteiger charge is 2.40. The van der Waals surface area contributed by atoms with Gasteiger partial charge in [0.15, 0.2) is 0 Å². The van der Waals surface area contributed by atoms with Crippen molar-refractivity contribution in [2.24, 2.45) is 0 Å². The van der Waals surface area contributed by atoms with Gasteiger partial charge in [0.05, 0.1) is 28.6 Å². The van der Waals surface area contributed by atoms with Crippen molar-refractivity contribution in [2.75, 3.05) is 28.2 Å². The molecule has 14 heteroatoms. The Morgan fingerprint density at radius 2 is 1.12 bits per heavy atom. The molecule has 0 N–H and O–H groups in total. The Morgan fingerprint density at radius 1 is 0.692 bits per heavy atom. The highest BCUT2D eigenvalue weighted by atomic mass is 16.8. The second-order valence-electron chi connectivity index (χ2n) is 6.05. The molecule has 0 aliphatic heterocycles. The first kappa shape index (κ1) is 17.6. The van der Waals surface area contributed by atoms with Crippen LogP contribution in [0.1, 0.15) is 11.4 Å². The van der Waals surface area contributed by atoms with Gasteiger partial charge in [0.1, 0.15) is 0 Å². The SMILES string of the molecule is CN(C)Cc1c(-c2no[n+]([O-])c2-c2no[n+]([O-])c2CN(C)C)no[n+]1[O-]. The summed E-state index contributed by atoms with van der Waals surface area (Å²) in [7, 11) is 6.93. The van der Waals surface area contributed by atoms with Crippen LogP contribution >= 0.6 is 0 Å². The van der Waals surface area contributed by atoms with Crippen LogP contribution in [0.2, 0.25) is 0 Å². The summed E-state index contributed by atoms with van der Waals surface area (Å²) in [6.07, 6.45) is 0. The lowest BCUT2D eigenvalue weighted by Crippen LogP contribution is -2.33. The first-order valence-corrected chi connectivity index (χ1v) is 7.36. The van der Waals surface area contributed by atoms with Gasteiger partial charge in [0, 0.05) is 0 Å².